The van der Waals surface area contributed by atoms with Crippen molar-refractivity contribution in [2.45, 2.75) is 65.2 Å². The highest BCUT2D eigenvalue weighted by Gasteiger charge is 2.13. The summed E-state index contributed by atoms with van der Waals surface area (Å²) in [4.78, 5) is 0. The summed E-state index contributed by atoms with van der Waals surface area (Å²) < 4.78 is 0. The van der Waals surface area contributed by atoms with Gasteiger partial charge in [-0.25, -0.2) is 0 Å². The Labute approximate surface area is 84.1 Å². The van der Waals surface area contributed by atoms with Gasteiger partial charge in [-0.05, 0) is 24.7 Å². The average Bonchev–Trinajstić information content (AvgIpc) is 2.19. The molecule has 0 spiro atoms. The number of hydrogen-bond acceptors (Lipinski definition) is 0. The first kappa shape index (κ1) is 11.1. The standard InChI is InChI=1S/C13H25/c1-3-12(2)8-7-11-13-9-5-4-6-10-13/h11-13H,3-10H2,1-2H3. The Morgan fingerprint density at radius 2 is 1.92 bits per heavy atom. The van der Waals surface area contributed by atoms with Crippen LogP contribution in [0, 0.1) is 18.3 Å². The highest BCUT2D eigenvalue weighted by atomic mass is 14.2. The number of hydrogen-bond donors (Lipinski definition) is 0. The van der Waals surface area contributed by atoms with Crippen LogP contribution in [0.4, 0.5) is 0 Å². The first-order valence-corrected chi connectivity index (χ1v) is 6.16. The van der Waals surface area contributed by atoms with Crippen LogP contribution in [0.5, 0.6) is 0 Å². The van der Waals surface area contributed by atoms with Gasteiger partial charge in [0.05, 0.1) is 0 Å². The lowest BCUT2D eigenvalue weighted by atomic mass is 9.85. The van der Waals surface area contributed by atoms with Crippen LogP contribution in [0.3, 0.4) is 0 Å². The van der Waals surface area contributed by atoms with Crippen molar-refractivity contribution in [1.29, 1.82) is 0 Å². The van der Waals surface area contributed by atoms with Gasteiger partial charge in [-0.3, -0.25) is 0 Å². The van der Waals surface area contributed by atoms with Gasteiger partial charge >= 0.3 is 0 Å². The zero-order chi connectivity index (χ0) is 9.52. The summed E-state index contributed by atoms with van der Waals surface area (Å²) in [5, 5.41) is 0. The first-order valence-electron chi connectivity index (χ1n) is 6.16. The van der Waals surface area contributed by atoms with Crippen LogP contribution in [0.1, 0.15) is 65.2 Å². The fourth-order valence-electron chi connectivity index (χ4n) is 2.19. The average molecular weight is 181 g/mol. The van der Waals surface area contributed by atoms with Crippen molar-refractivity contribution in [3.8, 4) is 0 Å². The summed E-state index contributed by atoms with van der Waals surface area (Å²) in [7, 11) is 0. The van der Waals surface area contributed by atoms with Gasteiger partial charge in [0.1, 0.15) is 0 Å². The maximum absolute atomic E-state index is 2.60. The predicted molar refractivity (Wildman–Crippen MR) is 59.6 cm³/mol. The zero-order valence-electron chi connectivity index (χ0n) is 9.39. The third-order valence-corrected chi connectivity index (χ3v) is 3.51. The molecule has 0 aliphatic heterocycles. The van der Waals surface area contributed by atoms with E-state index in [1.807, 2.05) is 0 Å². The topological polar surface area (TPSA) is 0 Å². The highest BCUT2D eigenvalue weighted by Crippen LogP contribution is 2.27. The molecule has 1 aliphatic rings. The fraction of sp³-hybridized carbons (Fsp3) is 0.923. The lowest BCUT2D eigenvalue weighted by Crippen LogP contribution is -2.07. The maximum Gasteiger partial charge on any atom is -0.0355 e. The molecule has 0 aromatic heterocycles. The molecule has 0 heterocycles. The molecular weight excluding hydrogens is 156 g/mol. The third kappa shape index (κ3) is 4.69. The monoisotopic (exact) mass is 181 g/mol. The van der Waals surface area contributed by atoms with Gasteiger partial charge in [0.2, 0.25) is 0 Å². The van der Waals surface area contributed by atoms with E-state index < -0.39 is 0 Å². The molecule has 13 heavy (non-hydrogen) atoms. The van der Waals surface area contributed by atoms with Crippen molar-refractivity contribution in [3.63, 3.8) is 0 Å². The lowest BCUT2D eigenvalue weighted by molar-refractivity contribution is 0.380. The van der Waals surface area contributed by atoms with Crippen LogP contribution in [-0.2, 0) is 0 Å². The minimum absolute atomic E-state index is 0.930. The molecule has 0 aromatic carbocycles. The minimum atomic E-state index is 0.930. The summed E-state index contributed by atoms with van der Waals surface area (Å²) >= 11 is 0. The van der Waals surface area contributed by atoms with Crippen molar-refractivity contribution in [2.24, 2.45) is 11.8 Å². The molecular formula is C13H25. The summed E-state index contributed by atoms with van der Waals surface area (Å²) in [6, 6.07) is 0. The van der Waals surface area contributed by atoms with Gasteiger partial charge < -0.3 is 0 Å². The second-order valence-corrected chi connectivity index (χ2v) is 4.72. The van der Waals surface area contributed by atoms with Crippen molar-refractivity contribution in [2.75, 3.05) is 0 Å². The van der Waals surface area contributed by atoms with E-state index in [-0.39, 0.29) is 0 Å². The van der Waals surface area contributed by atoms with Gasteiger partial charge in [-0.1, -0.05) is 58.8 Å². The van der Waals surface area contributed by atoms with Gasteiger partial charge in [0.25, 0.3) is 0 Å². The van der Waals surface area contributed by atoms with Crippen LogP contribution < -0.4 is 0 Å². The molecule has 1 fully saturated rings. The van der Waals surface area contributed by atoms with E-state index in [1.165, 1.54) is 51.4 Å². The highest BCUT2D eigenvalue weighted by molar-refractivity contribution is 4.79. The normalized spacial score (nSPS) is 21.7. The van der Waals surface area contributed by atoms with Crippen LogP contribution in [0.2, 0.25) is 0 Å². The maximum atomic E-state index is 2.60. The Morgan fingerprint density at radius 1 is 1.23 bits per heavy atom. The fourth-order valence-corrected chi connectivity index (χ4v) is 2.19. The molecule has 0 nitrogen and oxygen atoms in total. The van der Waals surface area contributed by atoms with Crippen LogP contribution in [0.15, 0.2) is 0 Å². The molecule has 1 aliphatic carbocycles. The number of rotatable bonds is 5. The van der Waals surface area contributed by atoms with E-state index in [1.54, 1.807) is 0 Å². The molecule has 0 N–H and O–H groups in total. The molecule has 1 saturated carbocycles. The molecule has 0 aromatic rings. The third-order valence-electron chi connectivity index (χ3n) is 3.51. The summed E-state index contributed by atoms with van der Waals surface area (Å²) in [5.74, 6) is 1.90. The zero-order valence-corrected chi connectivity index (χ0v) is 9.39. The summed E-state index contributed by atoms with van der Waals surface area (Å²) in [5.41, 5.74) is 0. The van der Waals surface area contributed by atoms with Gasteiger partial charge in [0, 0.05) is 0 Å². The first-order chi connectivity index (χ1) is 6.33. The van der Waals surface area contributed by atoms with Crippen LogP contribution >= 0.6 is 0 Å². The quantitative estimate of drug-likeness (QED) is 0.581. The Bertz CT molecular complexity index is 111. The Balaban J connectivity index is 1.98. The van der Waals surface area contributed by atoms with E-state index >= 15 is 0 Å². The Morgan fingerprint density at radius 3 is 2.54 bits per heavy atom. The summed E-state index contributed by atoms with van der Waals surface area (Å²) in [6.45, 7) is 4.67. The van der Waals surface area contributed by atoms with Crippen molar-refractivity contribution < 1.29 is 0 Å². The SMILES string of the molecule is CCC(C)CC[CH]C1CCCCC1. The van der Waals surface area contributed by atoms with E-state index in [2.05, 4.69) is 20.3 Å². The van der Waals surface area contributed by atoms with Crippen LogP contribution in [-0.4, -0.2) is 0 Å². The molecule has 1 rings (SSSR count). The molecule has 1 atom stereocenters. The Kier molecular flexibility index (Phi) is 5.50. The van der Waals surface area contributed by atoms with Gasteiger partial charge in [-0.15, -0.1) is 0 Å². The van der Waals surface area contributed by atoms with Crippen molar-refractivity contribution >= 4 is 0 Å². The van der Waals surface area contributed by atoms with E-state index in [0.29, 0.717) is 0 Å². The van der Waals surface area contributed by atoms with E-state index in [9.17, 15) is 0 Å². The van der Waals surface area contributed by atoms with Crippen LogP contribution in [0.25, 0.3) is 0 Å². The molecule has 1 radical (unpaired) electrons. The van der Waals surface area contributed by atoms with Crippen molar-refractivity contribution in [1.82, 2.24) is 0 Å². The molecule has 0 amide bonds. The van der Waals surface area contributed by atoms with E-state index in [4.69, 9.17) is 0 Å². The second-order valence-electron chi connectivity index (χ2n) is 4.72. The molecule has 0 saturated heterocycles. The second kappa shape index (κ2) is 6.45. The predicted octanol–water partition coefficient (Wildman–Crippen LogP) is 4.60. The smallest absolute Gasteiger partial charge is 0.0355 e. The van der Waals surface area contributed by atoms with Gasteiger partial charge in [0.15, 0.2) is 0 Å². The van der Waals surface area contributed by atoms with Gasteiger partial charge in [-0.2, -0.15) is 0 Å². The minimum Gasteiger partial charge on any atom is -0.0651 e. The molecule has 0 bridgehead atoms. The summed E-state index contributed by atoms with van der Waals surface area (Å²) in [6.07, 6.45) is 14.1. The Hall–Kier alpha value is 0. The lowest BCUT2D eigenvalue weighted by Gasteiger charge is -2.21. The molecule has 77 valence electrons. The molecule has 0 heteroatoms. The largest absolute Gasteiger partial charge is 0.0651 e. The van der Waals surface area contributed by atoms with Crippen molar-refractivity contribution in [3.05, 3.63) is 6.42 Å². The molecule has 1 unspecified atom stereocenters. The van der Waals surface area contributed by atoms with E-state index in [0.717, 1.165) is 11.8 Å².